The van der Waals surface area contributed by atoms with E-state index < -0.39 is 12.2 Å². The second-order valence-corrected chi connectivity index (χ2v) is 7.27. The zero-order valence-electron chi connectivity index (χ0n) is 17.1. The Morgan fingerprint density at radius 3 is 1.97 bits per heavy atom. The Morgan fingerprint density at radius 1 is 0.871 bits per heavy atom. The number of aldehydes is 2. The molecule has 0 spiro atoms. The van der Waals surface area contributed by atoms with Crippen molar-refractivity contribution in [2.75, 3.05) is 6.61 Å². The predicted molar refractivity (Wildman–Crippen MR) is 116 cm³/mol. The summed E-state index contributed by atoms with van der Waals surface area (Å²) >= 11 is 0. The van der Waals surface area contributed by atoms with Crippen molar-refractivity contribution in [1.82, 2.24) is 0 Å². The average molecular weight is 420 g/mol. The summed E-state index contributed by atoms with van der Waals surface area (Å²) in [5.41, 5.74) is 3.31. The molecule has 0 saturated heterocycles. The molecule has 3 rings (SSSR count). The molecule has 3 aromatic carbocycles. The molecule has 160 valence electrons. The summed E-state index contributed by atoms with van der Waals surface area (Å²) in [6, 6.07) is 16.6. The highest BCUT2D eigenvalue weighted by Crippen LogP contribution is 2.41. The van der Waals surface area contributed by atoms with E-state index in [1.54, 1.807) is 12.1 Å². The summed E-state index contributed by atoms with van der Waals surface area (Å²) in [6.45, 7) is 1.86. The first-order valence-electron chi connectivity index (χ1n) is 9.87. The van der Waals surface area contributed by atoms with Crippen LogP contribution in [0.3, 0.4) is 0 Å². The van der Waals surface area contributed by atoms with Gasteiger partial charge in [0, 0.05) is 28.2 Å². The van der Waals surface area contributed by atoms with Gasteiger partial charge in [0.2, 0.25) is 0 Å². The largest absolute Gasteiger partial charge is 0.508 e. The summed E-state index contributed by atoms with van der Waals surface area (Å²) in [5, 5.41) is 30.5. The number of phenolic OH excluding ortho intramolecular Hbond substituents is 2. The first kappa shape index (κ1) is 22.2. The van der Waals surface area contributed by atoms with Crippen molar-refractivity contribution in [1.29, 1.82) is 0 Å². The van der Waals surface area contributed by atoms with Gasteiger partial charge in [-0.05, 0) is 60.9 Å². The molecule has 6 heteroatoms. The van der Waals surface area contributed by atoms with E-state index in [1.165, 1.54) is 31.2 Å². The van der Waals surface area contributed by atoms with Crippen LogP contribution in [0.15, 0.2) is 60.7 Å². The highest BCUT2D eigenvalue weighted by molar-refractivity contribution is 5.77. The van der Waals surface area contributed by atoms with Gasteiger partial charge < -0.3 is 20.1 Å². The Hall–Kier alpha value is -3.48. The van der Waals surface area contributed by atoms with E-state index in [-0.39, 0.29) is 11.5 Å². The van der Waals surface area contributed by atoms with Crippen molar-refractivity contribution in [3.8, 4) is 11.5 Å². The molecule has 0 saturated carbocycles. The molecule has 0 radical (unpaired) electrons. The minimum absolute atomic E-state index is 0.0330. The van der Waals surface area contributed by atoms with E-state index in [9.17, 15) is 24.9 Å². The number of aliphatic hydroxyl groups is 1. The lowest BCUT2D eigenvalue weighted by atomic mass is 9.82. The normalized spacial score (nSPS) is 12.0. The number of benzene rings is 3. The summed E-state index contributed by atoms with van der Waals surface area (Å²) < 4.78 is 5.21. The first-order valence-corrected chi connectivity index (χ1v) is 9.87. The minimum atomic E-state index is -0.859. The standard InChI is InChI=1S/C25H24O6/c1-16(28)31-10-9-17-3-2-4-20(11-17)25(21-12-18(14-26)5-7-23(21)29)22-13-19(15-27)6-8-24(22)30/h2-8,11-16,25,28-30H,9-10H2,1H3. The molecule has 1 unspecified atom stereocenters. The number of aromatic hydroxyl groups is 2. The van der Waals surface area contributed by atoms with Gasteiger partial charge in [0.05, 0.1) is 6.61 Å². The SMILES string of the molecule is CC(O)OCCc1cccc(C(c2cc(C=O)ccc2O)c2cc(C=O)ccc2O)c1. The summed E-state index contributed by atoms with van der Waals surface area (Å²) in [7, 11) is 0. The molecule has 6 nitrogen and oxygen atoms in total. The number of hydrogen-bond donors (Lipinski definition) is 3. The molecule has 0 bridgehead atoms. The number of hydrogen-bond acceptors (Lipinski definition) is 6. The Balaban J connectivity index is 2.14. The maximum Gasteiger partial charge on any atom is 0.151 e. The maximum absolute atomic E-state index is 11.3. The monoisotopic (exact) mass is 420 g/mol. The highest BCUT2D eigenvalue weighted by atomic mass is 16.6. The van der Waals surface area contributed by atoms with Gasteiger partial charge in [0.25, 0.3) is 0 Å². The van der Waals surface area contributed by atoms with E-state index in [4.69, 9.17) is 4.74 Å². The van der Waals surface area contributed by atoms with Gasteiger partial charge >= 0.3 is 0 Å². The third-order valence-electron chi connectivity index (χ3n) is 5.03. The second-order valence-electron chi connectivity index (χ2n) is 7.27. The van der Waals surface area contributed by atoms with Crippen LogP contribution in [0.1, 0.15) is 55.8 Å². The van der Waals surface area contributed by atoms with Crippen LogP contribution in [0.2, 0.25) is 0 Å². The Bertz CT molecular complexity index is 1020. The van der Waals surface area contributed by atoms with Gasteiger partial charge in [-0.25, -0.2) is 0 Å². The topological polar surface area (TPSA) is 104 Å². The predicted octanol–water partition coefficient (Wildman–Crippen LogP) is 3.80. The number of carbonyl (C=O) groups excluding carboxylic acids is 2. The van der Waals surface area contributed by atoms with Gasteiger partial charge in [-0.1, -0.05) is 24.3 Å². The maximum atomic E-state index is 11.3. The molecule has 1 atom stereocenters. The Labute approximate surface area is 180 Å². The number of phenols is 2. The van der Waals surface area contributed by atoms with Crippen molar-refractivity contribution >= 4 is 12.6 Å². The van der Waals surface area contributed by atoms with Crippen molar-refractivity contribution in [2.24, 2.45) is 0 Å². The third kappa shape index (κ3) is 5.36. The first-order chi connectivity index (χ1) is 14.9. The molecule has 3 aromatic rings. The van der Waals surface area contributed by atoms with E-state index in [0.717, 1.165) is 11.1 Å². The van der Waals surface area contributed by atoms with Gasteiger partial charge in [0.15, 0.2) is 6.29 Å². The third-order valence-corrected chi connectivity index (χ3v) is 5.03. The lowest BCUT2D eigenvalue weighted by Gasteiger charge is -2.22. The van der Waals surface area contributed by atoms with Gasteiger partial charge in [-0.15, -0.1) is 0 Å². The fourth-order valence-corrected chi connectivity index (χ4v) is 3.56. The van der Waals surface area contributed by atoms with Gasteiger partial charge in [0.1, 0.15) is 24.1 Å². The number of carbonyl (C=O) groups is 2. The zero-order chi connectivity index (χ0) is 22.4. The highest BCUT2D eigenvalue weighted by Gasteiger charge is 2.24. The number of rotatable bonds is 9. The molecule has 31 heavy (non-hydrogen) atoms. The van der Waals surface area contributed by atoms with Crippen molar-refractivity contribution in [2.45, 2.75) is 25.6 Å². The molecule has 0 amide bonds. The molecule has 0 aliphatic heterocycles. The van der Waals surface area contributed by atoms with Crippen LogP contribution in [-0.2, 0) is 11.2 Å². The fraction of sp³-hybridized carbons (Fsp3) is 0.200. The van der Waals surface area contributed by atoms with Crippen molar-refractivity contribution in [3.05, 3.63) is 94.0 Å². The minimum Gasteiger partial charge on any atom is -0.508 e. The zero-order valence-corrected chi connectivity index (χ0v) is 17.1. The summed E-state index contributed by atoms with van der Waals surface area (Å²) in [5.74, 6) is -0.693. The summed E-state index contributed by atoms with van der Waals surface area (Å²) in [4.78, 5) is 22.7. The van der Waals surface area contributed by atoms with Crippen LogP contribution >= 0.6 is 0 Å². The fourth-order valence-electron chi connectivity index (χ4n) is 3.56. The Morgan fingerprint density at radius 2 is 1.45 bits per heavy atom. The molecular formula is C25H24O6. The summed E-state index contributed by atoms with van der Waals surface area (Å²) in [6.07, 6.45) is 1.06. The van der Waals surface area contributed by atoms with Crippen LogP contribution < -0.4 is 0 Å². The number of ether oxygens (including phenoxy) is 1. The van der Waals surface area contributed by atoms with E-state index >= 15 is 0 Å². The lowest BCUT2D eigenvalue weighted by Crippen LogP contribution is -2.10. The molecule has 0 heterocycles. The Kier molecular flexibility index (Phi) is 7.18. The molecule has 3 N–H and O–H groups in total. The second kappa shape index (κ2) is 10.0. The molecule has 0 fully saturated rings. The molecule has 0 aliphatic carbocycles. The van der Waals surface area contributed by atoms with E-state index in [0.29, 0.717) is 47.9 Å². The lowest BCUT2D eigenvalue weighted by molar-refractivity contribution is -0.0838. The van der Waals surface area contributed by atoms with E-state index in [1.807, 2.05) is 24.3 Å². The molecule has 0 aliphatic rings. The quantitative estimate of drug-likeness (QED) is 0.276. The van der Waals surface area contributed by atoms with Crippen molar-refractivity contribution in [3.63, 3.8) is 0 Å². The van der Waals surface area contributed by atoms with Crippen LogP contribution in [0, 0.1) is 0 Å². The van der Waals surface area contributed by atoms with Gasteiger partial charge in [-0.3, -0.25) is 9.59 Å². The van der Waals surface area contributed by atoms with Crippen LogP contribution in [0.5, 0.6) is 11.5 Å². The molecule has 0 aromatic heterocycles. The average Bonchev–Trinajstić information content (AvgIpc) is 2.76. The van der Waals surface area contributed by atoms with Gasteiger partial charge in [-0.2, -0.15) is 0 Å². The smallest absolute Gasteiger partial charge is 0.151 e. The number of aliphatic hydroxyl groups excluding tert-OH is 1. The van der Waals surface area contributed by atoms with Crippen molar-refractivity contribution < 1.29 is 29.6 Å². The van der Waals surface area contributed by atoms with Crippen LogP contribution in [0.25, 0.3) is 0 Å². The van der Waals surface area contributed by atoms with Crippen LogP contribution in [0.4, 0.5) is 0 Å². The molecular weight excluding hydrogens is 396 g/mol. The van der Waals surface area contributed by atoms with Crippen LogP contribution in [-0.4, -0.2) is 40.8 Å². The van der Waals surface area contributed by atoms with E-state index in [2.05, 4.69) is 0 Å².